The van der Waals surface area contributed by atoms with Gasteiger partial charge < -0.3 is 0 Å². The zero-order valence-electron chi connectivity index (χ0n) is 30.7. The van der Waals surface area contributed by atoms with Crippen molar-refractivity contribution in [3.05, 3.63) is 104 Å². The summed E-state index contributed by atoms with van der Waals surface area (Å²) in [5, 5.41) is 0. The molecule has 3 rings (SSSR count). The molecule has 0 N–H and O–H groups in total. The smallest absolute Gasteiger partial charge is 0.106 e. The molecule has 0 atom stereocenters. The molecule has 0 bridgehead atoms. The molecule has 44 heavy (non-hydrogen) atoms. The SMILES string of the molecule is C=C.C=C.CC.CCC1CCCCC1.CCCCCCCCCC.[B]c1ccc(/C(=C/C)C(=C)c2ccc(C)cc2C)cc1. The summed E-state index contributed by atoms with van der Waals surface area (Å²) in [5.74, 6) is 1.09. The Morgan fingerprint density at radius 2 is 1.23 bits per heavy atom. The Morgan fingerprint density at radius 1 is 0.750 bits per heavy atom. The number of aryl methyl sites for hydroxylation is 2. The van der Waals surface area contributed by atoms with Gasteiger partial charge in [-0.2, -0.15) is 0 Å². The van der Waals surface area contributed by atoms with E-state index in [2.05, 4.69) is 91.8 Å². The average Bonchev–Trinajstić information content (AvgIpc) is 3.07. The van der Waals surface area contributed by atoms with E-state index in [4.69, 9.17) is 7.85 Å². The van der Waals surface area contributed by atoms with Gasteiger partial charge in [0.05, 0.1) is 0 Å². The van der Waals surface area contributed by atoms with Crippen LogP contribution in [0.5, 0.6) is 0 Å². The van der Waals surface area contributed by atoms with Gasteiger partial charge in [0.25, 0.3) is 0 Å². The van der Waals surface area contributed by atoms with E-state index in [1.54, 1.807) is 0 Å². The highest BCUT2D eigenvalue weighted by Crippen LogP contribution is 2.31. The van der Waals surface area contributed by atoms with Gasteiger partial charge in [0.15, 0.2) is 0 Å². The van der Waals surface area contributed by atoms with Gasteiger partial charge in [-0.25, -0.2) is 0 Å². The minimum absolute atomic E-state index is 0.779. The van der Waals surface area contributed by atoms with Crippen LogP contribution in [-0.4, -0.2) is 7.85 Å². The normalized spacial score (nSPS) is 12.1. The van der Waals surface area contributed by atoms with Gasteiger partial charge >= 0.3 is 0 Å². The predicted octanol–water partition coefficient (Wildman–Crippen LogP) is 14.0. The molecule has 0 aromatic heterocycles. The van der Waals surface area contributed by atoms with Crippen LogP contribution in [0.15, 0.2) is 81.4 Å². The fourth-order valence-electron chi connectivity index (χ4n) is 5.28. The quantitative estimate of drug-likeness (QED) is 0.104. The van der Waals surface area contributed by atoms with Crippen molar-refractivity contribution in [3.8, 4) is 0 Å². The lowest BCUT2D eigenvalue weighted by atomic mass is 9.88. The molecule has 0 saturated heterocycles. The summed E-state index contributed by atoms with van der Waals surface area (Å²) in [7, 11) is 5.75. The van der Waals surface area contributed by atoms with E-state index in [0.717, 1.165) is 28.1 Å². The molecule has 0 spiro atoms. The number of hydrogen-bond donors (Lipinski definition) is 0. The van der Waals surface area contributed by atoms with Crippen molar-refractivity contribution in [1.82, 2.24) is 0 Å². The van der Waals surface area contributed by atoms with Crippen molar-refractivity contribution in [2.24, 2.45) is 5.92 Å². The van der Waals surface area contributed by atoms with E-state index >= 15 is 0 Å². The van der Waals surface area contributed by atoms with Crippen LogP contribution in [0, 0.1) is 19.8 Å². The summed E-state index contributed by atoms with van der Waals surface area (Å²) in [6.45, 7) is 33.4. The van der Waals surface area contributed by atoms with Crippen molar-refractivity contribution in [2.75, 3.05) is 0 Å². The largest absolute Gasteiger partial charge is 0.113 e. The van der Waals surface area contributed by atoms with Crippen LogP contribution in [0.1, 0.15) is 154 Å². The van der Waals surface area contributed by atoms with E-state index in [0.29, 0.717) is 0 Å². The molecular formula is C43H71B. The molecule has 246 valence electrons. The molecule has 1 fully saturated rings. The molecule has 2 aromatic rings. The van der Waals surface area contributed by atoms with Crippen LogP contribution >= 0.6 is 0 Å². The average molecular weight is 599 g/mol. The second-order valence-electron chi connectivity index (χ2n) is 11.2. The van der Waals surface area contributed by atoms with E-state index in [-0.39, 0.29) is 0 Å². The van der Waals surface area contributed by atoms with Crippen molar-refractivity contribution in [1.29, 1.82) is 0 Å². The number of hydrogen-bond acceptors (Lipinski definition) is 0. The molecule has 1 aliphatic carbocycles. The molecule has 1 aliphatic rings. The highest BCUT2D eigenvalue weighted by atomic mass is 14.2. The lowest BCUT2D eigenvalue weighted by Crippen LogP contribution is -2.03. The summed E-state index contributed by atoms with van der Waals surface area (Å²) >= 11 is 0. The fraction of sp³-hybridized carbons (Fsp3) is 0.535. The molecule has 1 heteroatoms. The first-order valence-electron chi connectivity index (χ1n) is 17.7. The second kappa shape index (κ2) is 33.4. The molecular weight excluding hydrogens is 527 g/mol. The molecule has 0 nitrogen and oxygen atoms in total. The lowest BCUT2D eigenvalue weighted by Gasteiger charge is -2.18. The van der Waals surface area contributed by atoms with Crippen LogP contribution in [0.4, 0.5) is 0 Å². The number of benzene rings is 2. The van der Waals surface area contributed by atoms with Crippen LogP contribution in [-0.2, 0) is 0 Å². The lowest BCUT2D eigenvalue weighted by molar-refractivity contribution is 0.349. The Balaban J connectivity index is -0.000000588. The predicted molar refractivity (Wildman–Crippen MR) is 209 cm³/mol. The summed E-state index contributed by atoms with van der Waals surface area (Å²) < 4.78 is 0. The van der Waals surface area contributed by atoms with Gasteiger partial charge in [-0.3, -0.25) is 0 Å². The van der Waals surface area contributed by atoms with Gasteiger partial charge in [0.1, 0.15) is 7.85 Å². The molecule has 0 unspecified atom stereocenters. The highest BCUT2D eigenvalue weighted by Gasteiger charge is 2.10. The summed E-state index contributed by atoms with van der Waals surface area (Å²) in [6.07, 6.45) is 22.5. The van der Waals surface area contributed by atoms with Crippen molar-refractivity contribution >= 4 is 24.5 Å². The third-order valence-electron chi connectivity index (χ3n) is 7.80. The van der Waals surface area contributed by atoms with Crippen LogP contribution in [0.25, 0.3) is 11.1 Å². The van der Waals surface area contributed by atoms with Gasteiger partial charge in [0.2, 0.25) is 0 Å². The monoisotopic (exact) mass is 599 g/mol. The molecule has 0 aliphatic heterocycles. The molecule has 2 radical (unpaired) electrons. The first kappa shape index (κ1) is 45.9. The maximum atomic E-state index is 5.75. The first-order valence-corrected chi connectivity index (χ1v) is 17.7. The van der Waals surface area contributed by atoms with Crippen molar-refractivity contribution < 1.29 is 0 Å². The van der Waals surface area contributed by atoms with Crippen molar-refractivity contribution in [3.63, 3.8) is 0 Å². The summed E-state index contributed by atoms with van der Waals surface area (Å²) in [4.78, 5) is 0. The Morgan fingerprint density at radius 3 is 1.61 bits per heavy atom. The Bertz CT molecular complexity index is 933. The number of unbranched alkanes of at least 4 members (excludes halogenated alkanes) is 7. The van der Waals surface area contributed by atoms with E-state index in [1.807, 2.05) is 45.0 Å². The minimum Gasteiger partial charge on any atom is -0.106 e. The first-order chi connectivity index (χ1) is 21.4. The van der Waals surface area contributed by atoms with Gasteiger partial charge in [0, 0.05) is 0 Å². The van der Waals surface area contributed by atoms with Gasteiger partial charge in [-0.05, 0) is 54.5 Å². The Kier molecular flexibility index (Phi) is 34.8. The maximum absolute atomic E-state index is 5.75. The molecule has 1 saturated carbocycles. The molecule has 0 heterocycles. The zero-order valence-corrected chi connectivity index (χ0v) is 30.7. The van der Waals surface area contributed by atoms with Crippen LogP contribution < -0.4 is 5.46 Å². The van der Waals surface area contributed by atoms with Crippen molar-refractivity contribution in [2.45, 2.75) is 145 Å². The fourth-order valence-corrected chi connectivity index (χ4v) is 5.28. The van der Waals surface area contributed by atoms with Gasteiger partial charge in [-0.15, -0.1) is 26.3 Å². The highest BCUT2D eigenvalue weighted by molar-refractivity contribution is 6.32. The van der Waals surface area contributed by atoms with E-state index in [9.17, 15) is 0 Å². The summed E-state index contributed by atoms with van der Waals surface area (Å²) in [5.41, 5.74) is 7.85. The van der Waals surface area contributed by atoms with E-state index in [1.165, 1.54) is 107 Å². The van der Waals surface area contributed by atoms with Gasteiger partial charge in [-0.1, -0.05) is 191 Å². The summed E-state index contributed by atoms with van der Waals surface area (Å²) in [6, 6.07) is 14.4. The Hall–Kier alpha value is -2.54. The van der Waals surface area contributed by atoms with Crippen LogP contribution in [0.3, 0.4) is 0 Å². The molecule has 2 aromatic carbocycles. The van der Waals surface area contributed by atoms with E-state index < -0.39 is 0 Å². The number of allylic oxidation sites excluding steroid dienone is 3. The minimum atomic E-state index is 0.779. The topological polar surface area (TPSA) is 0 Å². The van der Waals surface area contributed by atoms with Crippen LogP contribution in [0.2, 0.25) is 0 Å². The Labute approximate surface area is 278 Å². The second-order valence-corrected chi connectivity index (χ2v) is 11.2. The standard InChI is InChI=1S/C19H19B.C10H22.C8H16.C2H6.2C2H4/c1-5-18(16-7-9-17(20)10-8-16)15(4)19-11-6-13(2)12-14(19)3;1-3-5-7-9-10-8-6-4-2;1-2-8-6-4-3-5-7-8;3*1-2/h5-12H,4H2,1-3H3;3-10H2,1-2H3;8H,2-7H2,1H3;1-2H3;2*1-2H2/b18-5+;;;;;. The maximum Gasteiger partial charge on any atom is 0.113 e. The number of rotatable bonds is 11. The molecule has 0 amide bonds. The third kappa shape index (κ3) is 22.0. The third-order valence-corrected chi connectivity index (χ3v) is 7.80. The zero-order chi connectivity index (χ0) is 34.2.